The molecule has 0 bridgehead atoms. The van der Waals surface area contributed by atoms with Crippen LogP contribution in [0.25, 0.3) is 0 Å². The van der Waals surface area contributed by atoms with E-state index in [2.05, 4.69) is 16.1 Å². The Balaban J connectivity index is 1.94. The van der Waals surface area contributed by atoms with Gasteiger partial charge >= 0.3 is 0 Å². The Labute approximate surface area is 127 Å². The predicted molar refractivity (Wildman–Crippen MR) is 86.4 cm³/mol. The summed E-state index contributed by atoms with van der Waals surface area (Å²) in [5.74, 6) is 2.73. The molecule has 1 amide bonds. The van der Waals surface area contributed by atoms with Gasteiger partial charge in [0.15, 0.2) is 0 Å². The van der Waals surface area contributed by atoms with Crippen molar-refractivity contribution in [3.05, 3.63) is 29.8 Å². The summed E-state index contributed by atoms with van der Waals surface area (Å²) in [5.41, 5.74) is 1.73. The van der Waals surface area contributed by atoms with E-state index >= 15 is 0 Å². The Bertz CT molecular complexity index is 525. The van der Waals surface area contributed by atoms with Crippen molar-refractivity contribution in [3.63, 3.8) is 0 Å². The number of likely N-dealkylation sites (tertiary alicyclic amines) is 1. The maximum atomic E-state index is 12.0. The van der Waals surface area contributed by atoms with Gasteiger partial charge in [0.25, 0.3) is 5.91 Å². The first-order chi connectivity index (χ1) is 10.1. The van der Waals surface area contributed by atoms with E-state index in [1.54, 1.807) is 19.0 Å². The summed E-state index contributed by atoms with van der Waals surface area (Å²) in [7, 11) is 3.53. The van der Waals surface area contributed by atoms with Gasteiger partial charge in [0.2, 0.25) is 0 Å². The van der Waals surface area contributed by atoms with Crippen LogP contribution in [0.4, 0.5) is 5.69 Å². The molecule has 112 valence electrons. The van der Waals surface area contributed by atoms with Crippen LogP contribution in [0.1, 0.15) is 23.2 Å². The van der Waals surface area contributed by atoms with Crippen LogP contribution in [0.2, 0.25) is 0 Å². The van der Waals surface area contributed by atoms with Gasteiger partial charge in [0.1, 0.15) is 0 Å². The molecule has 21 heavy (non-hydrogen) atoms. The molecule has 1 aromatic carbocycles. The maximum absolute atomic E-state index is 12.0. The number of rotatable bonds is 4. The second-order valence-electron chi connectivity index (χ2n) is 5.68. The van der Waals surface area contributed by atoms with Crippen LogP contribution in [0.3, 0.4) is 0 Å². The molecule has 4 nitrogen and oxygen atoms in total. The molecule has 0 aromatic heterocycles. The van der Waals surface area contributed by atoms with Gasteiger partial charge in [-0.25, -0.2) is 0 Å². The smallest absolute Gasteiger partial charge is 0.253 e. The van der Waals surface area contributed by atoms with Gasteiger partial charge < -0.3 is 10.2 Å². The summed E-state index contributed by atoms with van der Waals surface area (Å²) in [5, 5.41) is 3.53. The Morgan fingerprint density at radius 1 is 1.43 bits per heavy atom. The Morgan fingerprint density at radius 2 is 2.14 bits per heavy atom. The van der Waals surface area contributed by atoms with Crippen LogP contribution in [-0.2, 0) is 0 Å². The number of anilines is 1. The molecular formula is C17H23N3O. The summed E-state index contributed by atoms with van der Waals surface area (Å²) in [6, 6.07) is 8.16. The fourth-order valence-corrected chi connectivity index (χ4v) is 2.60. The molecule has 0 unspecified atom stereocenters. The van der Waals surface area contributed by atoms with Crippen molar-refractivity contribution in [1.29, 1.82) is 0 Å². The zero-order chi connectivity index (χ0) is 15.2. The molecule has 1 aliphatic heterocycles. The van der Waals surface area contributed by atoms with Crippen molar-refractivity contribution in [2.24, 2.45) is 0 Å². The van der Waals surface area contributed by atoms with E-state index in [9.17, 15) is 4.79 Å². The lowest BCUT2D eigenvalue weighted by Crippen LogP contribution is -2.39. The molecule has 0 spiro atoms. The van der Waals surface area contributed by atoms with Gasteiger partial charge in [-0.3, -0.25) is 9.69 Å². The number of hydrogen-bond acceptors (Lipinski definition) is 3. The quantitative estimate of drug-likeness (QED) is 0.858. The summed E-state index contributed by atoms with van der Waals surface area (Å²) in [6.07, 6.45) is 7.50. The largest absolute Gasteiger partial charge is 0.382 e. The second kappa shape index (κ2) is 7.14. The average molecular weight is 285 g/mol. The third kappa shape index (κ3) is 4.24. The van der Waals surface area contributed by atoms with Crippen LogP contribution in [0.15, 0.2) is 24.3 Å². The van der Waals surface area contributed by atoms with E-state index < -0.39 is 0 Å². The topological polar surface area (TPSA) is 35.6 Å². The molecule has 0 aliphatic carbocycles. The van der Waals surface area contributed by atoms with E-state index in [1.165, 1.54) is 0 Å². The zero-order valence-corrected chi connectivity index (χ0v) is 12.8. The summed E-state index contributed by atoms with van der Waals surface area (Å²) in [4.78, 5) is 15.9. The lowest BCUT2D eigenvalue weighted by Gasteiger charge is -2.31. The minimum Gasteiger partial charge on any atom is -0.382 e. The van der Waals surface area contributed by atoms with Gasteiger partial charge in [-0.2, -0.15) is 0 Å². The number of amides is 1. The molecule has 0 radical (unpaired) electrons. The average Bonchev–Trinajstić information content (AvgIpc) is 2.49. The number of terminal acetylenes is 1. The van der Waals surface area contributed by atoms with Crippen LogP contribution in [-0.4, -0.2) is 55.5 Å². The van der Waals surface area contributed by atoms with Gasteiger partial charge in [-0.1, -0.05) is 12.0 Å². The van der Waals surface area contributed by atoms with E-state index in [1.807, 2.05) is 24.3 Å². The lowest BCUT2D eigenvalue weighted by molar-refractivity contribution is 0.0827. The number of nitrogens with one attached hydrogen (secondary N) is 1. The monoisotopic (exact) mass is 285 g/mol. The van der Waals surface area contributed by atoms with Crippen molar-refractivity contribution >= 4 is 11.6 Å². The Kier molecular flexibility index (Phi) is 5.24. The van der Waals surface area contributed by atoms with E-state index in [-0.39, 0.29) is 5.91 Å². The number of nitrogens with zero attached hydrogens (tertiary/aromatic N) is 2. The third-order valence-electron chi connectivity index (χ3n) is 3.79. The van der Waals surface area contributed by atoms with E-state index in [4.69, 9.17) is 6.42 Å². The fourth-order valence-electron chi connectivity index (χ4n) is 2.60. The predicted octanol–water partition coefficient (Wildman–Crippen LogP) is 1.90. The highest BCUT2D eigenvalue weighted by atomic mass is 16.2. The Morgan fingerprint density at radius 3 is 2.76 bits per heavy atom. The molecule has 1 saturated heterocycles. The van der Waals surface area contributed by atoms with Crippen LogP contribution >= 0.6 is 0 Å². The molecule has 1 fully saturated rings. The maximum Gasteiger partial charge on any atom is 0.253 e. The normalized spacial score (nSPS) is 16.2. The fraction of sp³-hybridized carbons (Fsp3) is 0.471. The van der Waals surface area contributed by atoms with E-state index in [0.29, 0.717) is 6.04 Å². The summed E-state index contributed by atoms with van der Waals surface area (Å²) in [6.45, 7) is 2.79. The highest BCUT2D eigenvalue weighted by Crippen LogP contribution is 2.18. The van der Waals surface area contributed by atoms with Gasteiger partial charge in [-0.15, -0.1) is 6.42 Å². The highest BCUT2D eigenvalue weighted by Gasteiger charge is 2.18. The molecule has 1 heterocycles. The highest BCUT2D eigenvalue weighted by molar-refractivity contribution is 5.94. The molecular weight excluding hydrogens is 262 g/mol. The van der Waals surface area contributed by atoms with E-state index in [0.717, 1.165) is 43.7 Å². The number of benzene rings is 1. The summed E-state index contributed by atoms with van der Waals surface area (Å²) < 4.78 is 0. The van der Waals surface area contributed by atoms with Crippen molar-refractivity contribution < 1.29 is 4.79 Å². The minimum absolute atomic E-state index is 0.0301. The summed E-state index contributed by atoms with van der Waals surface area (Å²) >= 11 is 0. The van der Waals surface area contributed by atoms with Crippen LogP contribution < -0.4 is 5.32 Å². The van der Waals surface area contributed by atoms with Crippen molar-refractivity contribution in [1.82, 2.24) is 9.80 Å². The zero-order valence-electron chi connectivity index (χ0n) is 12.8. The van der Waals surface area contributed by atoms with Gasteiger partial charge in [0.05, 0.1) is 6.54 Å². The van der Waals surface area contributed by atoms with Gasteiger partial charge in [0, 0.05) is 44.5 Å². The minimum atomic E-state index is 0.0301. The first-order valence-corrected chi connectivity index (χ1v) is 7.34. The third-order valence-corrected chi connectivity index (χ3v) is 3.79. The number of hydrogen-bond donors (Lipinski definition) is 1. The van der Waals surface area contributed by atoms with Crippen molar-refractivity contribution in [3.8, 4) is 12.3 Å². The standard InChI is InChI=1S/C17H23N3O/c1-4-10-20-11-8-15(9-12-20)18-16-7-5-6-14(13-16)17(21)19(2)3/h1,5-7,13,15,18H,8-12H2,2-3H3. The molecule has 0 atom stereocenters. The van der Waals surface area contributed by atoms with Crippen LogP contribution in [0.5, 0.6) is 0 Å². The second-order valence-corrected chi connectivity index (χ2v) is 5.68. The van der Waals surface area contributed by atoms with Gasteiger partial charge in [-0.05, 0) is 31.0 Å². The van der Waals surface area contributed by atoms with Crippen molar-refractivity contribution in [2.75, 3.05) is 39.0 Å². The molecule has 0 saturated carbocycles. The molecule has 2 rings (SSSR count). The molecule has 1 N–H and O–H groups in total. The molecule has 4 heteroatoms. The lowest BCUT2D eigenvalue weighted by atomic mass is 10.0. The number of carbonyl (C=O) groups excluding carboxylic acids is 1. The molecule has 1 aromatic rings. The first kappa shape index (κ1) is 15.4. The first-order valence-electron chi connectivity index (χ1n) is 7.34. The van der Waals surface area contributed by atoms with Crippen molar-refractivity contribution in [2.45, 2.75) is 18.9 Å². The number of carbonyl (C=O) groups is 1. The number of piperidine rings is 1. The Hall–Kier alpha value is -1.99. The SMILES string of the molecule is C#CCN1CCC(Nc2cccc(C(=O)N(C)C)c2)CC1. The molecule has 1 aliphatic rings. The van der Waals surface area contributed by atoms with Crippen LogP contribution in [0, 0.1) is 12.3 Å².